The highest BCUT2D eigenvalue weighted by molar-refractivity contribution is 9.09. The minimum Gasteiger partial charge on any atom is -0.366 e. The molecule has 0 spiro atoms. The summed E-state index contributed by atoms with van der Waals surface area (Å²) in [6.45, 7) is 4.10. The summed E-state index contributed by atoms with van der Waals surface area (Å²) < 4.78 is 34.9. The van der Waals surface area contributed by atoms with Gasteiger partial charge in [-0.2, -0.15) is 8.42 Å². The number of rotatable bonds is 6. The van der Waals surface area contributed by atoms with Gasteiger partial charge in [0.15, 0.2) is 0 Å². The van der Waals surface area contributed by atoms with E-state index in [9.17, 15) is 13.2 Å². The van der Waals surface area contributed by atoms with Gasteiger partial charge in [0.1, 0.15) is 11.9 Å². The summed E-state index contributed by atoms with van der Waals surface area (Å²) in [6, 6.07) is 0. The van der Waals surface area contributed by atoms with Crippen LogP contribution in [0.5, 0.6) is 0 Å². The van der Waals surface area contributed by atoms with Gasteiger partial charge in [0.2, 0.25) is 0 Å². The molecule has 1 aliphatic heterocycles. The lowest BCUT2D eigenvalue weighted by molar-refractivity contribution is -0.128. The van der Waals surface area contributed by atoms with Crippen LogP contribution in [-0.4, -0.2) is 44.1 Å². The van der Waals surface area contributed by atoms with E-state index in [0.717, 1.165) is 6.42 Å². The van der Waals surface area contributed by atoms with Gasteiger partial charge in [0, 0.05) is 11.8 Å². The van der Waals surface area contributed by atoms with Crippen LogP contribution in [0.25, 0.3) is 0 Å². The van der Waals surface area contributed by atoms with Crippen molar-refractivity contribution in [1.82, 2.24) is 0 Å². The predicted molar refractivity (Wildman–Crippen MR) is 80.8 cm³/mol. The zero-order valence-corrected chi connectivity index (χ0v) is 14.7. The number of alkyl halides is 1. The fourth-order valence-corrected chi connectivity index (χ4v) is 6.36. The summed E-state index contributed by atoms with van der Waals surface area (Å²) in [5.41, 5.74) is -1.01. The lowest BCUT2D eigenvalue weighted by Gasteiger charge is -2.35. The van der Waals surface area contributed by atoms with E-state index >= 15 is 0 Å². The van der Waals surface area contributed by atoms with Gasteiger partial charge in [-0.1, -0.05) is 29.8 Å². The summed E-state index contributed by atoms with van der Waals surface area (Å²) in [6.07, 6.45) is 2.00. The second-order valence-electron chi connectivity index (χ2n) is 7.02. The second kappa shape index (κ2) is 5.01. The first-order valence-electron chi connectivity index (χ1n) is 7.34. The summed E-state index contributed by atoms with van der Waals surface area (Å²) >= 11 is 3.28. The third kappa shape index (κ3) is 2.50. The third-order valence-electron chi connectivity index (χ3n) is 5.81. The van der Waals surface area contributed by atoms with Crippen LogP contribution in [0.1, 0.15) is 33.1 Å². The Balaban J connectivity index is 1.68. The number of hydrogen-bond acceptors (Lipinski definition) is 5. The van der Waals surface area contributed by atoms with E-state index in [1.807, 2.05) is 13.8 Å². The van der Waals surface area contributed by atoms with Crippen LogP contribution < -0.4 is 0 Å². The van der Waals surface area contributed by atoms with Crippen molar-refractivity contribution in [3.05, 3.63) is 0 Å². The molecule has 0 radical (unpaired) electrons. The molecule has 7 heteroatoms. The van der Waals surface area contributed by atoms with E-state index in [1.54, 1.807) is 0 Å². The maximum Gasteiger partial charge on any atom is 0.268 e. The van der Waals surface area contributed by atoms with Gasteiger partial charge in [0.05, 0.1) is 23.9 Å². The number of fused-ring (bicyclic) bond motifs is 2. The number of halogens is 1. The third-order valence-corrected chi connectivity index (χ3v) is 7.79. The van der Waals surface area contributed by atoms with Crippen LogP contribution in [0.15, 0.2) is 0 Å². The molecule has 0 unspecified atom stereocenters. The van der Waals surface area contributed by atoms with Crippen molar-refractivity contribution in [2.75, 3.05) is 17.7 Å². The minimum absolute atomic E-state index is 0.0405. The highest BCUT2D eigenvalue weighted by Crippen LogP contribution is 2.64. The Kier molecular flexibility index (Phi) is 3.79. The van der Waals surface area contributed by atoms with Crippen LogP contribution in [0, 0.1) is 16.7 Å². The first-order valence-corrected chi connectivity index (χ1v) is 10.0. The van der Waals surface area contributed by atoms with Gasteiger partial charge < -0.3 is 4.74 Å². The molecule has 0 N–H and O–H groups in total. The molecule has 120 valence electrons. The normalized spacial score (nSPS) is 40.7. The van der Waals surface area contributed by atoms with Crippen molar-refractivity contribution in [2.24, 2.45) is 16.7 Å². The van der Waals surface area contributed by atoms with E-state index in [-0.39, 0.29) is 35.8 Å². The molecule has 1 heterocycles. The van der Waals surface area contributed by atoms with Crippen molar-refractivity contribution in [3.8, 4) is 0 Å². The summed E-state index contributed by atoms with van der Waals surface area (Å²) in [4.78, 5) is 12.3. The van der Waals surface area contributed by atoms with Crippen LogP contribution >= 0.6 is 15.9 Å². The van der Waals surface area contributed by atoms with E-state index in [4.69, 9.17) is 8.92 Å². The number of carbonyl (C=O) groups is 1. The number of epoxide rings is 1. The number of ketones is 1. The van der Waals surface area contributed by atoms with Crippen LogP contribution in [0.4, 0.5) is 0 Å². The van der Waals surface area contributed by atoms with Crippen molar-refractivity contribution >= 4 is 31.8 Å². The number of hydrogen-bond donors (Lipinski definition) is 0. The highest BCUT2D eigenvalue weighted by Gasteiger charge is 2.65. The van der Waals surface area contributed by atoms with Gasteiger partial charge >= 0.3 is 0 Å². The highest BCUT2D eigenvalue weighted by atomic mass is 79.9. The van der Waals surface area contributed by atoms with Gasteiger partial charge in [-0.25, -0.2) is 0 Å². The number of ether oxygens (including phenoxy) is 1. The lowest BCUT2D eigenvalue weighted by atomic mass is 9.70. The smallest absolute Gasteiger partial charge is 0.268 e. The maximum atomic E-state index is 12.3. The van der Waals surface area contributed by atoms with Gasteiger partial charge in [-0.05, 0) is 24.2 Å². The molecule has 0 aromatic heterocycles. The Morgan fingerprint density at radius 1 is 1.38 bits per heavy atom. The summed E-state index contributed by atoms with van der Waals surface area (Å²) in [5, 5.41) is 0.679. The zero-order chi connectivity index (χ0) is 15.5. The van der Waals surface area contributed by atoms with Crippen LogP contribution in [-0.2, 0) is 23.8 Å². The first kappa shape index (κ1) is 15.9. The molecule has 3 aliphatic rings. The van der Waals surface area contributed by atoms with Crippen molar-refractivity contribution < 1.29 is 22.1 Å². The molecule has 0 aromatic carbocycles. The molecule has 1 saturated heterocycles. The summed E-state index contributed by atoms with van der Waals surface area (Å²) in [7, 11) is -3.72. The van der Waals surface area contributed by atoms with E-state index in [2.05, 4.69) is 15.9 Å². The summed E-state index contributed by atoms with van der Waals surface area (Å²) in [5.74, 6) is 0.218. The monoisotopic (exact) mass is 380 g/mol. The van der Waals surface area contributed by atoms with Crippen molar-refractivity contribution in [2.45, 2.75) is 45.3 Å². The molecular formula is C14H21BrO5S. The molecule has 3 fully saturated rings. The average Bonchev–Trinajstić information content (AvgIpc) is 3.09. The molecule has 21 heavy (non-hydrogen) atoms. The standard InChI is InChI=1S/C14H21BrO5S/c1-13(2)9-3-4-14(13,12(16)5-9)8-21(17,18)19-7-11-10(6-15)20-11/h9-11H,3-8H2,1-2H3/t9-,10-,11+,14-/m1/s1. The quantitative estimate of drug-likeness (QED) is 0.399. The molecule has 2 bridgehead atoms. The fraction of sp³-hybridized carbons (Fsp3) is 0.929. The Labute approximate surface area is 134 Å². The molecule has 2 saturated carbocycles. The average molecular weight is 381 g/mol. The number of Topliss-reactive ketones (excluding diaryl/α,β-unsaturated/α-hetero) is 1. The van der Waals surface area contributed by atoms with Gasteiger partial charge in [-0.3, -0.25) is 8.98 Å². The minimum atomic E-state index is -3.72. The second-order valence-corrected chi connectivity index (χ2v) is 9.31. The SMILES string of the molecule is CC1(C)[C@@H]2CC[C@@]1(CS(=O)(=O)OC[C@@H]1O[C@@H]1CBr)C(=O)C2. The first-order chi connectivity index (χ1) is 9.72. The topological polar surface area (TPSA) is 73.0 Å². The van der Waals surface area contributed by atoms with E-state index < -0.39 is 15.5 Å². The van der Waals surface area contributed by atoms with E-state index in [0.29, 0.717) is 24.1 Å². The Hall–Kier alpha value is 0.0200. The molecule has 2 aliphatic carbocycles. The van der Waals surface area contributed by atoms with Gasteiger partial charge in [-0.15, -0.1) is 0 Å². The molecule has 0 aromatic rings. The maximum absolute atomic E-state index is 12.3. The Morgan fingerprint density at radius 3 is 2.57 bits per heavy atom. The number of carbonyl (C=O) groups excluding carboxylic acids is 1. The largest absolute Gasteiger partial charge is 0.366 e. The molecule has 3 rings (SSSR count). The van der Waals surface area contributed by atoms with Crippen molar-refractivity contribution in [1.29, 1.82) is 0 Å². The molecular weight excluding hydrogens is 360 g/mol. The predicted octanol–water partition coefficient (Wildman–Crippen LogP) is 1.89. The fourth-order valence-electron chi connectivity index (χ4n) is 4.08. The molecule has 0 amide bonds. The Bertz CT molecular complexity index is 558. The van der Waals surface area contributed by atoms with Crippen molar-refractivity contribution in [3.63, 3.8) is 0 Å². The molecule has 5 nitrogen and oxygen atoms in total. The van der Waals surface area contributed by atoms with Crippen LogP contribution in [0.2, 0.25) is 0 Å². The zero-order valence-electron chi connectivity index (χ0n) is 12.3. The molecule has 4 atom stereocenters. The van der Waals surface area contributed by atoms with E-state index in [1.165, 1.54) is 0 Å². The van der Waals surface area contributed by atoms with Gasteiger partial charge in [0.25, 0.3) is 10.1 Å². The Morgan fingerprint density at radius 2 is 2.10 bits per heavy atom. The van der Waals surface area contributed by atoms with Crippen LogP contribution in [0.3, 0.4) is 0 Å². The lowest BCUT2D eigenvalue weighted by Crippen LogP contribution is -2.42.